The van der Waals surface area contributed by atoms with E-state index < -0.39 is 22.7 Å². The quantitative estimate of drug-likeness (QED) is 0.898. The van der Waals surface area contributed by atoms with Crippen LogP contribution in [0.2, 0.25) is 0 Å². The molecule has 4 nitrogen and oxygen atoms in total. The van der Waals surface area contributed by atoms with Gasteiger partial charge in [0.15, 0.2) is 0 Å². The van der Waals surface area contributed by atoms with Gasteiger partial charge in [0.2, 0.25) is 5.91 Å². The van der Waals surface area contributed by atoms with Crippen LogP contribution in [0.25, 0.3) is 0 Å². The van der Waals surface area contributed by atoms with Crippen LogP contribution in [-0.4, -0.2) is 19.5 Å². The summed E-state index contributed by atoms with van der Waals surface area (Å²) in [5, 5.41) is 14.2. The van der Waals surface area contributed by atoms with Crippen LogP contribution < -0.4 is 10.6 Å². The van der Waals surface area contributed by atoms with E-state index in [2.05, 4.69) is 10.6 Å². The average molecular weight is 299 g/mol. The van der Waals surface area contributed by atoms with Gasteiger partial charge >= 0.3 is 6.18 Å². The number of benzene rings is 1. The minimum Gasteiger partial charge on any atom is -0.384 e. The number of rotatable bonds is 4. The third-order valence-corrected chi connectivity index (χ3v) is 3.02. The van der Waals surface area contributed by atoms with Gasteiger partial charge in [-0.05, 0) is 32.0 Å². The zero-order valence-corrected chi connectivity index (χ0v) is 11.9. The highest BCUT2D eigenvalue weighted by Gasteiger charge is 2.33. The van der Waals surface area contributed by atoms with Gasteiger partial charge in [0.1, 0.15) is 0 Å². The molecule has 0 saturated carbocycles. The molecule has 0 saturated heterocycles. The lowest BCUT2D eigenvalue weighted by Gasteiger charge is -2.23. The number of carbonyl (C=O) groups excluding carboxylic acids is 1. The average Bonchev–Trinajstić information content (AvgIpc) is 2.42. The van der Waals surface area contributed by atoms with Gasteiger partial charge in [-0.3, -0.25) is 4.79 Å². The van der Waals surface area contributed by atoms with Gasteiger partial charge in [0.25, 0.3) is 0 Å². The second-order valence-electron chi connectivity index (χ2n) is 5.19. The molecule has 0 radical (unpaired) electrons. The monoisotopic (exact) mass is 299 g/mol. The first-order chi connectivity index (χ1) is 9.61. The second kappa shape index (κ2) is 6.04. The fraction of sp³-hybridized carbons (Fsp3) is 0.429. The summed E-state index contributed by atoms with van der Waals surface area (Å²) in [5.41, 5.74) is -1.80. The maximum Gasteiger partial charge on any atom is 0.417 e. The van der Waals surface area contributed by atoms with Crippen molar-refractivity contribution >= 4 is 11.6 Å². The largest absolute Gasteiger partial charge is 0.417 e. The fourth-order valence-electron chi connectivity index (χ4n) is 1.74. The Bertz CT molecular complexity index is 574. The van der Waals surface area contributed by atoms with Crippen LogP contribution >= 0.6 is 0 Å². The smallest absolute Gasteiger partial charge is 0.384 e. The van der Waals surface area contributed by atoms with Gasteiger partial charge in [-0.15, -0.1) is 0 Å². The first-order valence-electron chi connectivity index (χ1n) is 6.19. The molecule has 1 aromatic rings. The van der Waals surface area contributed by atoms with E-state index in [9.17, 15) is 18.0 Å². The zero-order valence-electron chi connectivity index (χ0n) is 11.9. The molecule has 0 aliphatic heterocycles. The van der Waals surface area contributed by atoms with Gasteiger partial charge < -0.3 is 10.6 Å². The number of hydrogen-bond acceptors (Lipinski definition) is 3. The lowest BCUT2D eigenvalue weighted by Crippen LogP contribution is -2.39. The van der Waals surface area contributed by atoms with Crippen LogP contribution in [0.1, 0.15) is 25.0 Å². The maximum absolute atomic E-state index is 12.7. The highest BCUT2D eigenvalue weighted by molar-refractivity contribution is 5.82. The molecule has 0 fully saturated rings. The maximum atomic E-state index is 12.7. The van der Waals surface area contributed by atoms with E-state index in [4.69, 9.17) is 5.26 Å². The molecule has 0 aliphatic carbocycles. The van der Waals surface area contributed by atoms with E-state index in [1.807, 2.05) is 0 Å². The summed E-state index contributed by atoms with van der Waals surface area (Å²) in [6.45, 7) is 3.63. The van der Waals surface area contributed by atoms with E-state index in [0.717, 1.165) is 12.1 Å². The van der Waals surface area contributed by atoms with Crippen molar-refractivity contribution in [2.75, 3.05) is 18.9 Å². The van der Waals surface area contributed by atoms with Crippen molar-refractivity contribution in [1.82, 2.24) is 5.32 Å². The van der Waals surface area contributed by atoms with E-state index in [1.165, 1.54) is 19.2 Å². The van der Waals surface area contributed by atoms with E-state index in [0.29, 0.717) is 5.69 Å². The number of anilines is 1. The van der Waals surface area contributed by atoms with Crippen LogP contribution in [0.5, 0.6) is 0 Å². The number of carbonyl (C=O) groups is 1. The van der Waals surface area contributed by atoms with E-state index in [1.54, 1.807) is 13.8 Å². The molecule has 0 bridgehead atoms. The number of nitriles is 1. The molecule has 0 aromatic heterocycles. The molecule has 7 heteroatoms. The molecule has 0 spiro atoms. The Morgan fingerprint density at radius 3 is 2.43 bits per heavy atom. The van der Waals surface area contributed by atoms with Gasteiger partial charge in [-0.25, -0.2) is 0 Å². The van der Waals surface area contributed by atoms with Crippen molar-refractivity contribution in [3.63, 3.8) is 0 Å². The predicted octanol–water partition coefficient (Wildman–Crippen LogP) is 2.76. The topological polar surface area (TPSA) is 64.9 Å². The van der Waals surface area contributed by atoms with Crippen molar-refractivity contribution in [2.24, 2.45) is 5.41 Å². The number of hydrogen-bond donors (Lipinski definition) is 2. The van der Waals surface area contributed by atoms with Crippen molar-refractivity contribution in [3.05, 3.63) is 29.3 Å². The molecule has 114 valence electrons. The lowest BCUT2D eigenvalue weighted by molar-refractivity contribution is -0.137. The minimum atomic E-state index is -4.56. The van der Waals surface area contributed by atoms with E-state index >= 15 is 0 Å². The Hall–Kier alpha value is -2.23. The zero-order chi connectivity index (χ0) is 16.3. The third kappa shape index (κ3) is 4.12. The van der Waals surface area contributed by atoms with Crippen molar-refractivity contribution in [1.29, 1.82) is 5.26 Å². The first kappa shape index (κ1) is 16.8. The molecule has 0 unspecified atom stereocenters. The molecular weight excluding hydrogens is 283 g/mol. The number of nitrogens with zero attached hydrogens (tertiary/aromatic N) is 1. The van der Waals surface area contributed by atoms with Gasteiger partial charge in [0, 0.05) is 19.3 Å². The Kier molecular flexibility index (Phi) is 4.84. The summed E-state index contributed by atoms with van der Waals surface area (Å²) >= 11 is 0. The second-order valence-corrected chi connectivity index (χ2v) is 5.19. The van der Waals surface area contributed by atoms with Crippen LogP contribution in [0.15, 0.2) is 18.2 Å². The summed E-state index contributed by atoms with van der Waals surface area (Å²) in [4.78, 5) is 11.6. The van der Waals surface area contributed by atoms with Crippen molar-refractivity contribution < 1.29 is 18.0 Å². The number of alkyl halides is 3. The number of halogens is 3. The van der Waals surface area contributed by atoms with Crippen molar-refractivity contribution in [3.8, 4) is 6.07 Å². The molecular formula is C14H16F3N3O. The Balaban J connectivity index is 2.93. The lowest BCUT2D eigenvalue weighted by atomic mass is 9.92. The number of amides is 1. The third-order valence-electron chi connectivity index (χ3n) is 3.02. The Morgan fingerprint density at radius 2 is 1.95 bits per heavy atom. The SMILES string of the molecule is CNC(=O)C(C)(C)CNc1ccc(C(F)(F)F)c(C#N)c1. The summed E-state index contributed by atoms with van der Waals surface area (Å²) in [7, 11) is 1.51. The Labute approximate surface area is 121 Å². The summed E-state index contributed by atoms with van der Waals surface area (Å²) in [5.74, 6) is -0.192. The standard InChI is InChI=1S/C14H16F3N3O/c1-13(2,12(21)19-3)8-20-10-4-5-11(14(15,16)17)9(6-10)7-18/h4-6,20H,8H2,1-3H3,(H,19,21). The predicted molar refractivity (Wildman–Crippen MR) is 72.5 cm³/mol. The fourth-order valence-corrected chi connectivity index (χ4v) is 1.74. The van der Waals surface area contributed by atoms with Gasteiger partial charge in [-0.1, -0.05) is 0 Å². The molecule has 0 aliphatic rings. The van der Waals surface area contributed by atoms with Crippen LogP contribution in [-0.2, 0) is 11.0 Å². The summed E-state index contributed by atoms with van der Waals surface area (Å²) < 4.78 is 38.0. The highest BCUT2D eigenvalue weighted by atomic mass is 19.4. The summed E-state index contributed by atoms with van der Waals surface area (Å²) in [6, 6.07) is 4.76. The molecule has 0 heterocycles. The molecule has 1 rings (SSSR count). The van der Waals surface area contributed by atoms with E-state index in [-0.39, 0.29) is 12.5 Å². The summed E-state index contributed by atoms with van der Waals surface area (Å²) in [6.07, 6.45) is -4.56. The van der Waals surface area contributed by atoms with Crippen molar-refractivity contribution in [2.45, 2.75) is 20.0 Å². The molecule has 2 N–H and O–H groups in total. The molecule has 1 aromatic carbocycles. The van der Waals surface area contributed by atoms with Crippen LogP contribution in [0.3, 0.4) is 0 Å². The van der Waals surface area contributed by atoms with Gasteiger partial charge in [-0.2, -0.15) is 18.4 Å². The molecule has 21 heavy (non-hydrogen) atoms. The normalized spacial score (nSPS) is 11.7. The molecule has 1 amide bonds. The first-order valence-corrected chi connectivity index (χ1v) is 6.19. The highest BCUT2D eigenvalue weighted by Crippen LogP contribution is 2.33. The number of nitrogens with one attached hydrogen (secondary N) is 2. The Morgan fingerprint density at radius 1 is 1.33 bits per heavy atom. The molecule has 0 atom stereocenters. The van der Waals surface area contributed by atoms with Crippen LogP contribution in [0.4, 0.5) is 18.9 Å². The van der Waals surface area contributed by atoms with Crippen LogP contribution in [0, 0.1) is 16.7 Å². The van der Waals surface area contributed by atoms with Gasteiger partial charge in [0.05, 0.1) is 22.6 Å². The minimum absolute atomic E-state index is 0.192.